The first kappa shape index (κ1) is 37.0. The average molecular weight is 754 g/mol. The van der Waals surface area contributed by atoms with Gasteiger partial charge in [0.2, 0.25) is 0 Å². The normalized spacial score (nSPS) is 12.4. The standard InChI is InChI=1S/C32H34N7PS2.BrH.Cu/c1-24(30(37-38-31(41)34-3)25-19-21-26(33-2)22-20-25)36-39-32(42)35-23-40(27-13-7-4-8-14-27,28-15-9-5-10-16-28)29-17-11-6-12-18-29;;/h4-22H,23H2,1-3H3,(H4-,33,34,35,36,37,38,39,41,42);1H;/q;;+2/p-2. The molecule has 0 saturated carbocycles. The van der Waals surface area contributed by atoms with Gasteiger partial charge in [-0.2, -0.15) is 15.3 Å². The predicted molar refractivity (Wildman–Crippen MR) is 187 cm³/mol. The quantitative estimate of drug-likeness (QED) is 0.0570. The van der Waals surface area contributed by atoms with Crippen LogP contribution in [0.25, 0.3) is 0 Å². The van der Waals surface area contributed by atoms with Crippen LogP contribution >= 0.6 is 7.26 Å². The summed E-state index contributed by atoms with van der Waals surface area (Å²) in [5.74, 6) is 0. The Balaban J connectivity index is 0.00000337. The third-order valence-corrected chi connectivity index (χ3v) is 11.3. The summed E-state index contributed by atoms with van der Waals surface area (Å²) in [5, 5.41) is 31.0. The Bertz CT molecular complexity index is 1470. The topological polar surface area (TPSA) is 85.5 Å². The van der Waals surface area contributed by atoms with Crippen molar-refractivity contribution in [3.63, 3.8) is 0 Å². The molecule has 0 aromatic heterocycles. The van der Waals surface area contributed by atoms with Crippen molar-refractivity contribution in [3.05, 3.63) is 121 Å². The Kier molecular flexibility index (Phi) is 15.6. The second-order valence-electron chi connectivity index (χ2n) is 9.17. The minimum Gasteiger partial charge on any atom is -1.00 e. The van der Waals surface area contributed by atoms with Gasteiger partial charge in [0.1, 0.15) is 35.2 Å². The van der Waals surface area contributed by atoms with E-state index in [1.54, 1.807) is 7.05 Å². The Hall–Kier alpha value is -3.17. The van der Waals surface area contributed by atoms with Gasteiger partial charge < -0.3 is 58.2 Å². The van der Waals surface area contributed by atoms with Crippen LogP contribution in [0.4, 0.5) is 5.69 Å². The molecule has 4 aromatic carbocycles. The molecule has 231 valence electrons. The molecule has 0 aliphatic heterocycles. The van der Waals surface area contributed by atoms with E-state index in [1.807, 2.05) is 56.4 Å². The molecule has 0 bridgehead atoms. The summed E-state index contributed by atoms with van der Waals surface area (Å²) < 4.78 is 0. The maximum atomic E-state index is 5.68. The van der Waals surface area contributed by atoms with E-state index in [0.717, 1.165) is 11.3 Å². The van der Waals surface area contributed by atoms with Gasteiger partial charge in [0.05, 0.1) is 5.71 Å². The number of hydrogen-bond acceptors (Lipinski definition) is 7. The molecule has 0 aliphatic rings. The molecule has 12 heteroatoms. The van der Waals surface area contributed by atoms with E-state index < -0.39 is 7.26 Å². The summed E-state index contributed by atoms with van der Waals surface area (Å²) in [6, 6.07) is 39.6. The van der Waals surface area contributed by atoms with E-state index in [4.69, 9.17) is 25.3 Å². The number of benzene rings is 4. The zero-order valence-electron chi connectivity index (χ0n) is 24.4. The van der Waals surface area contributed by atoms with E-state index in [2.05, 4.69) is 109 Å². The summed E-state index contributed by atoms with van der Waals surface area (Å²) in [6.45, 7) is 1.82. The fraction of sp³-hybridized carbons (Fsp3) is 0.125. The van der Waals surface area contributed by atoms with Crippen LogP contribution in [0.15, 0.2) is 136 Å². The van der Waals surface area contributed by atoms with Gasteiger partial charge in [-0.05, 0) is 60.6 Å². The maximum Gasteiger partial charge on any atom is 2.00 e. The van der Waals surface area contributed by atoms with Crippen molar-refractivity contribution in [3.8, 4) is 0 Å². The SMILES string of the molecule is CNC([S-])=NN=C(C(C)=NN=C([S-])NC[P+](c1ccccc1)(c1ccccc1)c1ccccc1)c1ccc(NC)cc1.[Br-].[Cu+2]. The van der Waals surface area contributed by atoms with Gasteiger partial charge in [-0.1, -0.05) is 66.7 Å². The van der Waals surface area contributed by atoms with Gasteiger partial charge in [0.15, 0.2) is 0 Å². The van der Waals surface area contributed by atoms with Crippen LogP contribution < -0.4 is 48.8 Å². The summed E-state index contributed by atoms with van der Waals surface area (Å²) in [7, 11) is 1.44. The second-order valence-corrected chi connectivity index (χ2v) is 13.4. The number of anilines is 1. The Morgan fingerprint density at radius 2 is 1.09 bits per heavy atom. The summed E-state index contributed by atoms with van der Waals surface area (Å²) in [5.41, 5.74) is 2.90. The Morgan fingerprint density at radius 1 is 0.636 bits per heavy atom. The number of nitrogens with one attached hydrogen (secondary N) is 3. The number of hydrogen-bond donors (Lipinski definition) is 3. The zero-order chi connectivity index (χ0) is 29.8. The molecule has 4 aromatic rings. The van der Waals surface area contributed by atoms with Crippen LogP contribution in [-0.2, 0) is 42.3 Å². The zero-order valence-corrected chi connectivity index (χ0v) is 29.5. The Morgan fingerprint density at radius 3 is 1.52 bits per heavy atom. The van der Waals surface area contributed by atoms with Crippen LogP contribution in [0.5, 0.6) is 0 Å². The molecule has 3 N–H and O–H groups in total. The molecule has 0 amide bonds. The van der Waals surface area contributed by atoms with Crippen LogP contribution in [0.2, 0.25) is 0 Å². The fourth-order valence-corrected chi connectivity index (χ4v) is 8.57. The van der Waals surface area contributed by atoms with Crippen molar-refractivity contribution in [1.29, 1.82) is 0 Å². The van der Waals surface area contributed by atoms with Crippen molar-refractivity contribution in [2.45, 2.75) is 6.92 Å². The smallest absolute Gasteiger partial charge is 1.00 e. The molecule has 0 aliphatic carbocycles. The van der Waals surface area contributed by atoms with Crippen molar-refractivity contribution >= 4 is 75.9 Å². The van der Waals surface area contributed by atoms with E-state index in [-0.39, 0.29) is 44.4 Å². The molecule has 0 spiro atoms. The molecule has 0 fully saturated rings. The number of nitrogens with zero attached hydrogens (tertiary/aromatic N) is 4. The summed E-state index contributed by atoms with van der Waals surface area (Å²) in [4.78, 5) is 0. The van der Waals surface area contributed by atoms with E-state index in [1.165, 1.54) is 15.9 Å². The van der Waals surface area contributed by atoms with Crippen LogP contribution in [0.3, 0.4) is 0 Å². The van der Waals surface area contributed by atoms with Crippen LogP contribution in [-0.4, -0.2) is 42.1 Å². The van der Waals surface area contributed by atoms with Gasteiger partial charge >= 0.3 is 17.1 Å². The molecule has 1 radical (unpaired) electrons. The van der Waals surface area contributed by atoms with Crippen LogP contribution in [0, 0.1) is 0 Å². The first-order valence-corrected chi connectivity index (χ1v) is 16.1. The van der Waals surface area contributed by atoms with Gasteiger partial charge in [0.25, 0.3) is 0 Å². The molecule has 0 heterocycles. The fourth-order valence-electron chi connectivity index (χ4n) is 4.44. The van der Waals surface area contributed by atoms with Gasteiger partial charge in [0, 0.05) is 30.5 Å². The molecule has 4 rings (SSSR count). The molecule has 0 atom stereocenters. The minimum atomic E-state index is -2.13. The maximum absolute atomic E-state index is 5.68. The van der Waals surface area contributed by atoms with Crippen molar-refractivity contribution in [1.82, 2.24) is 10.6 Å². The van der Waals surface area contributed by atoms with Crippen LogP contribution in [0.1, 0.15) is 12.5 Å². The van der Waals surface area contributed by atoms with E-state index >= 15 is 0 Å². The van der Waals surface area contributed by atoms with E-state index in [9.17, 15) is 0 Å². The average Bonchev–Trinajstić information content (AvgIpc) is 3.05. The van der Waals surface area contributed by atoms with Gasteiger partial charge in [-0.25, -0.2) is 0 Å². The molecule has 0 saturated heterocycles. The molecular weight excluding hydrogens is 721 g/mol. The molecule has 44 heavy (non-hydrogen) atoms. The van der Waals surface area contributed by atoms with E-state index in [0.29, 0.717) is 17.7 Å². The number of amidine groups is 2. The minimum absolute atomic E-state index is 0. The van der Waals surface area contributed by atoms with Crippen molar-refractivity contribution in [2.24, 2.45) is 20.4 Å². The number of halogens is 1. The first-order valence-electron chi connectivity index (χ1n) is 13.3. The first-order chi connectivity index (χ1) is 20.5. The monoisotopic (exact) mass is 752 g/mol. The number of rotatable bonds is 10. The molecule has 0 unspecified atom stereocenters. The third kappa shape index (κ3) is 9.41. The summed E-state index contributed by atoms with van der Waals surface area (Å²) >= 11 is 10.8. The predicted octanol–water partition coefficient (Wildman–Crippen LogP) is 1.38. The Labute approximate surface area is 292 Å². The second kappa shape index (κ2) is 18.6. The van der Waals surface area contributed by atoms with Crippen molar-refractivity contribution < 1.29 is 34.1 Å². The van der Waals surface area contributed by atoms with Crippen molar-refractivity contribution in [2.75, 3.05) is 25.7 Å². The molecular formula is C32H33BrCuN7PS2. The largest absolute Gasteiger partial charge is 2.00 e. The third-order valence-electron chi connectivity index (χ3n) is 6.59. The van der Waals surface area contributed by atoms with Gasteiger partial charge in [-0.3, -0.25) is 0 Å². The molecule has 7 nitrogen and oxygen atoms in total. The summed E-state index contributed by atoms with van der Waals surface area (Å²) in [6.07, 6.45) is 0.583. The van der Waals surface area contributed by atoms with Gasteiger partial charge in [-0.15, -0.1) is 5.10 Å².